The van der Waals surface area contributed by atoms with E-state index in [-0.39, 0.29) is 10.8 Å². The molecule has 1 amide bonds. The average Bonchev–Trinajstić information content (AvgIpc) is 2.70. The van der Waals surface area contributed by atoms with Crippen LogP contribution in [0.1, 0.15) is 22.3 Å². The highest BCUT2D eigenvalue weighted by molar-refractivity contribution is 7.89. The van der Waals surface area contributed by atoms with Gasteiger partial charge in [0.2, 0.25) is 10.0 Å². The first-order valence-electron chi connectivity index (χ1n) is 8.46. The first-order valence-corrected chi connectivity index (χ1v) is 9.94. The van der Waals surface area contributed by atoms with Crippen molar-refractivity contribution < 1.29 is 22.7 Å². The van der Waals surface area contributed by atoms with Gasteiger partial charge in [0.1, 0.15) is 5.75 Å². The molecular formula is C19H24N2O5S. The van der Waals surface area contributed by atoms with Crippen molar-refractivity contribution in [2.45, 2.75) is 17.9 Å². The lowest BCUT2D eigenvalue weighted by Crippen LogP contribution is -2.26. The smallest absolute Gasteiger partial charge is 0.251 e. The molecule has 0 aromatic heterocycles. The normalized spacial score (nSPS) is 11.2. The zero-order chi connectivity index (χ0) is 19.7. The van der Waals surface area contributed by atoms with Crippen molar-refractivity contribution in [3.05, 3.63) is 59.7 Å². The van der Waals surface area contributed by atoms with Crippen LogP contribution in [0.5, 0.6) is 5.75 Å². The summed E-state index contributed by atoms with van der Waals surface area (Å²) in [7, 11) is -0.439. The quantitative estimate of drug-likeness (QED) is 0.603. The maximum absolute atomic E-state index is 12.2. The standard InChI is InChI=1S/C19H24N2O5S/c1-25-13-3-12-21-27(23,24)18-10-6-16(7-11-18)19(22)20-14-15-4-8-17(26-2)9-5-15/h4-11,21H,3,12-14H2,1-2H3,(H,20,22). The maximum atomic E-state index is 12.2. The molecule has 0 fully saturated rings. The summed E-state index contributed by atoms with van der Waals surface area (Å²) >= 11 is 0. The summed E-state index contributed by atoms with van der Waals surface area (Å²) in [6.07, 6.45) is 0.585. The zero-order valence-electron chi connectivity index (χ0n) is 15.4. The highest BCUT2D eigenvalue weighted by Crippen LogP contribution is 2.13. The van der Waals surface area contributed by atoms with Gasteiger partial charge in [-0.25, -0.2) is 13.1 Å². The summed E-state index contributed by atoms with van der Waals surface area (Å²) in [6.45, 7) is 1.14. The lowest BCUT2D eigenvalue weighted by Gasteiger charge is -2.09. The Kier molecular flexibility index (Phi) is 7.78. The molecule has 146 valence electrons. The van der Waals surface area contributed by atoms with Gasteiger partial charge >= 0.3 is 0 Å². The summed E-state index contributed by atoms with van der Waals surface area (Å²) in [6, 6.07) is 13.2. The van der Waals surface area contributed by atoms with Crippen LogP contribution in [0.15, 0.2) is 53.4 Å². The number of rotatable bonds is 10. The number of methoxy groups -OCH3 is 2. The second-order valence-corrected chi connectivity index (χ2v) is 7.57. The van der Waals surface area contributed by atoms with E-state index in [2.05, 4.69) is 10.0 Å². The molecule has 0 heterocycles. The topological polar surface area (TPSA) is 93.7 Å². The van der Waals surface area contributed by atoms with Crippen LogP contribution >= 0.6 is 0 Å². The lowest BCUT2D eigenvalue weighted by atomic mass is 10.2. The number of benzene rings is 2. The molecule has 0 spiro atoms. The van der Waals surface area contributed by atoms with Crippen LogP contribution in [-0.2, 0) is 21.3 Å². The Morgan fingerprint density at radius 1 is 1.00 bits per heavy atom. The van der Waals surface area contributed by atoms with Crippen LogP contribution in [0, 0.1) is 0 Å². The van der Waals surface area contributed by atoms with Gasteiger partial charge in [0.15, 0.2) is 0 Å². The molecule has 0 saturated heterocycles. The van der Waals surface area contributed by atoms with E-state index in [1.165, 1.54) is 24.3 Å². The largest absolute Gasteiger partial charge is 0.497 e. The fourth-order valence-corrected chi connectivity index (χ4v) is 3.39. The van der Waals surface area contributed by atoms with Gasteiger partial charge in [0.05, 0.1) is 12.0 Å². The van der Waals surface area contributed by atoms with E-state index in [1.54, 1.807) is 14.2 Å². The molecule has 0 bridgehead atoms. The van der Waals surface area contributed by atoms with Gasteiger partial charge in [-0.3, -0.25) is 4.79 Å². The molecule has 0 saturated carbocycles. The molecule has 0 aliphatic heterocycles. The molecule has 8 heteroatoms. The Bertz CT molecular complexity index is 833. The van der Waals surface area contributed by atoms with Gasteiger partial charge in [0, 0.05) is 32.4 Å². The van der Waals surface area contributed by atoms with Gasteiger partial charge < -0.3 is 14.8 Å². The van der Waals surface area contributed by atoms with Crippen molar-refractivity contribution in [3.8, 4) is 5.75 Å². The van der Waals surface area contributed by atoms with E-state index in [0.29, 0.717) is 31.7 Å². The van der Waals surface area contributed by atoms with Crippen LogP contribution in [0.25, 0.3) is 0 Å². The first-order chi connectivity index (χ1) is 13.0. The summed E-state index contributed by atoms with van der Waals surface area (Å²) in [5, 5.41) is 2.80. The minimum Gasteiger partial charge on any atom is -0.497 e. The highest BCUT2D eigenvalue weighted by Gasteiger charge is 2.14. The number of hydrogen-bond donors (Lipinski definition) is 2. The van der Waals surface area contributed by atoms with Crippen molar-refractivity contribution in [2.24, 2.45) is 0 Å². The van der Waals surface area contributed by atoms with E-state index < -0.39 is 10.0 Å². The maximum Gasteiger partial charge on any atom is 0.251 e. The molecule has 0 aliphatic carbocycles. The van der Waals surface area contributed by atoms with Crippen molar-refractivity contribution in [1.82, 2.24) is 10.0 Å². The Hall–Kier alpha value is -2.42. The van der Waals surface area contributed by atoms with Crippen LogP contribution in [0.2, 0.25) is 0 Å². The first kappa shape index (κ1) is 20.9. The van der Waals surface area contributed by atoms with E-state index in [9.17, 15) is 13.2 Å². The molecule has 0 radical (unpaired) electrons. The van der Waals surface area contributed by atoms with Gasteiger partial charge in [-0.15, -0.1) is 0 Å². The Balaban J connectivity index is 1.92. The summed E-state index contributed by atoms with van der Waals surface area (Å²) in [4.78, 5) is 12.3. The minimum absolute atomic E-state index is 0.117. The number of amides is 1. The van der Waals surface area contributed by atoms with Crippen LogP contribution in [0.4, 0.5) is 0 Å². The van der Waals surface area contributed by atoms with E-state index in [4.69, 9.17) is 9.47 Å². The average molecular weight is 392 g/mol. The number of hydrogen-bond acceptors (Lipinski definition) is 5. The molecule has 7 nitrogen and oxygen atoms in total. The molecule has 2 aromatic rings. The molecule has 0 unspecified atom stereocenters. The summed E-state index contributed by atoms with van der Waals surface area (Å²) in [5.74, 6) is 0.473. The van der Waals surface area contributed by atoms with Crippen molar-refractivity contribution in [2.75, 3.05) is 27.4 Å². The van der Waals surface area contributed by atoms with Gasteiger partial charge in [-0.2, -0.15) is 0 Å². The summed E-state index contributed by atoms with van der Waals surface area (Å²) < 4.78 is 36.8. The number of carbonyl (C=O) groups is 1. The van der Waals surface area contributed by atoms with E-state index in [0.717, 1.165) is 11.3 Å². The fraction of sp³-hybridized carbons (Fsp3) is 0.316. The molecule has 2 aromatic carbocycles. The van der Waals surface area contributed by atoms with Crippen LogP contribution in [-0.4, -0.2) is 41.7 Å². The van der Waals surface area contributed by atoms with Crippen LogP contribution < -0.4 is 14.8 Å². The Morgan fingerprint density at radius 2 is 1.67 bits per heavy atom. The number of carbonyl (C=O) groups excluding carboxylic acids is 1. The number of sulfonamides is 1. The third kappa shape index (κ3) is 6.35. The van der Waals surface area contributed by atoms with Crippen LogP contribution in [0.3, 0.4) is 0 Å². The van der Waals surface area contributed by atoms with Crippen molar-refractivity contribution in [1.29, 1.82) is 0 Å². The zero-order valence-corrected chi connectivity index (χ0v) is 16.2. The Morgan fingerprint density at radius 3 is 2.26 bits per heavy atom. The molecule has 27 heavy (non-hydrogen) atoms. The van der Waals surface area contributed by atoms with E-state index >= 15 is 0 Å². The van der Waals surface area contributed by atoms with Gasteiger partial charge in [-0.1, -0.05) is 12.1 Å². The van der Waals surface area contributed by atoms with E-state index in [1.807, 2.05) is 24.3 Å². The molecule has 2 N–H and O–H groups in total. The minimum atomic E-state index is -3.59. The Labute approximate surface area is 159 Å². The summed E-state index contributed by atoms with van der Waals surface area (Å²) in [5.41, 5.74) is 1.32. The second-order valence-electron chi connectivity index (χ2n) is 5.80. The number of nitrogens with one attached hydrogen (secondary N) is 2. The highest BCUT2D eigenvalue weighted by atomic mass is 32.2. The predicted molar refractivity (Wildman–Crippen MR) is 102 cm³/mol. The second kappa shape index (κ2) is 10.1. The molecular weight excluding hydrogens is 368 g/mol. The SMILES string of the molecule is COCCCNS(=O)(=O)c1ccc(C(=O)NCc2ccc(OC)cc2)cc1. The predicted octanol–water partition coefficient (Wildman–Crippen LogP) is 1.94. The molecule has 0 atom stereocenters. The van der Waals surface area contributed by atoms with Gasteiger partial charge in [0.25, 0.3) is 5.91 Å². The number of ether oxygens (including phenoxy) is 2. The van der Waals surface area contributed by atoms with Crippen molar-refractivity contribution >= 4 is 15.9 Å². The molecule has 0 aliphatic rings. The monoisotopic (exact) mass is 392 g/mol. The van der Waals surface area contributed by atoms with Crippen molar-refractivity contribution in [3.63, 3.8) is 0 Å². The third-order valence-electron chi connectivity index (χ3n) is 3.86. The molecule has 2 rings (SSSR count). The lowest BCUT2D eigenvalue weighted by molar-refractivity contribution is 0.0951. The van der Waals surface area contributed by atoms with Gasteiger partial charge in [-0.05, 0) is 48.4 Å². The fourth-order valence-electron chi connectivity index (χ4n) is 2.32. The third-order valence-corrected chi connectivity index (χ3v) is 5.33.